The molecule has 0 aromatic heterocycles. The van der Waals surface area contributed by atoms with Gasteiger partial charge in [0.25, 0.3) is 0 Å². The lowest BCUT2D eigenvalue weighted by Gasteiger charge is -2.07. The predicted octanol–water partition coefficient (Wildman–Crippen LogP) is 1.64. The molecule has 0 saturated carbocycles. The molecule has 82 valence electrons. The zero-order valence-electron chi connectivity index (χ0n) is 7.76. The summed E-state index contributed by atoms with van der Waals surface area (Å²) in [5, 5.41) is 0.00581. The summed E-state index contributed by atoms with van der Waals surface area (Å²) >= 11 is 5.69. The summed E-state index contributed by atoms with van der Waals surface area (Å²) < 4.78 is 23.9. The summed E-state index contributed by atoms with van der Waals surface area (Å²) in [6.07, 6.45) is 0.286. The van der Waals surface area contributed by atoms with Gasteiger partial charge in [-0.05, 0) is 0 Å². The van der Waals surface area contributed by atoms with E-state index in [2.05, 4.69) is 4.84 Å². The highest BCUT2D eigenvalue weighted by atomic mass is 35.5. The highest BCUT2D eigenvalue weighted by Gasteiger charge is 2.23. The van der Waals surface area contributed by atoms with E-state index in [1.54, 1.807) is 0 Å². The van der Waals surface area contributed by atoms with Gasteiger partial charge in [0.15, 0.2) is 11.5 Å². The Balaban J connectivity index is 2.41. The predicted molar refractivity (Wildman–Crippen MR) is 51.4 cm³/mol. The number of nitrogens with two attached hydrogens (primary N) is 1. The second-order valence-corrected chi connectivity index (χ2v) is 3.41. The van der Waals surface area contributed by atoms with E-state index < -0.39 is 5.82 Å². The Morgan fingerprint density at radius 3 is 3.07 bits per heavy atom. The van der Waals surface area contributed by atoms with Crippen LogP contribution in [0.1, 0.15) is 5.56 Å². The van der Waals surface area contributed by atoms with Crippen LogP contribution in [0, 0.1) is 5.82 Å². The minimum absolute atomic E-state index is 0.00581. The van der Waals surface area contributed by atoms with Gasteiger partial charge < -0.3 is 14.3 Å². The summed E-state index contributed by atoms with van der Waals surface area (Å²) in [6.45, 7) is 0.263. The van der Waals surface area contributed by atoms with Gasteiger partial charge in [-0.25, -0.2) is 10.3 Å². The fourth-order valence-electron chi connectivity index (χ4n) is 1.44. The quantitative estimate of drug-likeness (QED) is 0.807. The molecule has 0 bridgehead atoms. The molecule has 0 fully saturated rings. The van der Waals surface area contributed by atoms with E-state index in [-0.39, 0.29) is 24.8 Å². The molecule has 6 heteroatoms. The number of ether oxygens (including phenoxy) is 2. The maximum atomic E-state index is 13.6. The number of halogens is 2. The normalized spacial score (nSPS) is 13.3. The van der Waals surface area contributed by atoms with E-state index in [1.807, 2.05) is 0 Å². The van der Waals surface area contributed by atoms with E-state index in [9.17, 15) is 4.39 Å². The van der Waals surface area contributed by atoms with Crippen LogP contribution in [0.5, 0.6) is 11.5 Å². The lowest BCUT2D eigenvalue weighted by molar-refractivity contribution is 0.139. The van der Waals surface area contributed by atoms with Gasteiger partial charge in [-0.2, -0.15) is 0 Å². The molecule has 0 saturated heterocycles. The van der Waals surface area contributed by atoms with Crippen molar-refractivity contribution in [1.29, 1.82) is 0 Å². The van der Waals surface area contributed by atoms with Crippen molar-refractivity contribution in [3.05, 3.63) is 22.5 Å². The maximum Gasteiger partial charge on any atom is 0.231 e. The lowest BCUT2D eigenvalue weighted by Crippen LogP contribution is -2.06. The van der Waals surface area contributed by atoms with Crippen molar-refractivity contribution < 1.29 is 18.7 Å². The number of benzene rings is 1. The molecule has 1 aromatic carbocycles. The molecule has 1 aromatic rings. The maximum absolute atomic E-state index is 13.6. The van der Waals surface area contributed by atoms with Gasteiger partial charge >= 0.3 is 0 Å². The molecular weight excluding hydrogens is 225 g/mol. The molecule has 0 atom stereocenters. The van der Waals surface area contributed by atoms with Crippen molar-refractivity contribution in [1.82, 2.24) is 0 Å². The highest BCUT2D eigenvalue weighted by molar-refractivity contribution is 6.31. The number of rotatable bonds is 3. The second kappa shape index (κ2) is 4.22. The van der Waals surface area contributed by atoms with Gasteiger partial charge in [0.1, 0.15) is 5.82 Å². The van der Waals surface area contributed by atoms with Gasteiger partial charge in [0, 0.05) is 18.1 Å². The fraction of sp³-hybridized carbons (Fsp3) is 0.333. The summed E-state index contributed by atoms with van der Waals surface area (Å²) in [6, 6.07) is 1.39. The molecule has 1 heterocycles. The molecule has 0 spiro atoms. The van der Waals surface area contributed by atoms with Gasteiger partial charge in [-0.15, -0.1) is 0 Å². The molecule has 1 aliphatic heterocycles. The first kappa shape index (κ1) is 10.5. The molecular formula is C9H9ClFNO3. The number of fused-ring (bicyclic) bond motifs is 1. The van der Waals surface area contributed by atoms with E-state index in [0.29, 0.717) is 17.1 Å². The lowest BCUT2D eigenvalue weighted by atomic mass is 10.1. The summed E-state index contributed by atoms with van der Waals surface area (Å²) in [7, 11) is 0. The van der Waals surface area contributed by atoms with Crippen LogP contribution in [-0.4, -0.2) is 13.4 Å². The molecule has 0 amide bonds. The molecule has 1 aliphatic rings. The van der Waals surface area contributed by atoms with Crippen LogP contribution in [0.3, 0.4) is 0 Å². The average Bonchev–Trinajstić information content (AvgIpc) is 2.66. The Kier molecular flexibility index (Phi) is 2.95. The van der Waals surface area contributed by atoms with Crippen molar-refractivity contribution in [2.45, 2.75) is 6.42 Å². The molecule has 4 nitrogen and oxygen atoms in total. The number of hydrogen-bond donors (Lipinski definition) is 1. The first-order chi connectivity index (χ1) is 7.24. The first-order valence-electron chi connectivity index (χ1n) is 4.32. The summed E-state index contributed by atoms with van der Waals surface area (Å²) in [5.41, 5.74) is 0.334. The standard InChI is InChI=1S/C9H9ClFNO3/c10-6-3-7-9(14-4-13-7)5(8(6)11)1-2-15-12/h3H,1-2,4,12H2. The summed E-state index contributed by atoms with van der Waals surface area (Å²) in [5.74, 6) is 5.20. The Morgan fingerprint density at radius 1 is 1.53 bits per heavy atom. The smallest absolute Gasteiger partial charge is 0.231 e. The Morgan fingerprint density at radius 2 is 2.33 bits per heavy atom. The van der Waals surface area contributed by atoms with E-state index in [4.69, 9.17) is 27.0 Å². The van der Waals surface area contributed by atoms with Crippen LogP contribution in [0.25, 0.3) is 0 Å². The van der Waals surface area contributed by atoms with Crippen molar-refractivity contribution in [3.63, 3.8) is 0 Å². The number of hydrogen-bond acceptors (Lipinski definition) is 4. The Labute approximate surface area is 90.6 Å². The third-order valence-corrected chi connectivity index (χ3v) is 2.39. The minimum Gasteiger partial charge on any atom is -0.454 e. The summed E-state index contributed by atoms with van der Waals surface area (Å²) in [4.78, 5) is 4.39. The van der Waals surface area contributed by atoms with Gasteiger partial charge in [-0.1, -0.05) is 11.6 Å². The van der Waals surface area contributed by atoms with Gasteiger partial charge in [0.05, 0.1) is 11.6 Å². The van der Waals surface area contributed by atoms with Gasteiger partial charge in [-0.3, -0.25) is 0 Å². The van der Waals surface area contributed by atoms with Crippen molar-refractivity contribution in [2.24, 2.45) is 5.90 Å². The van der Waals surface area contributed by atoms with Gasteiger partial charge in [0.2, 0.25) is 6.79 Å². The fourth-order valence-corrected chi connectivity index (χ4v) is 1.65. The van der Waals surface area contributed by atoms with Crippen LogP contribution in [0.2, 0.25) is 5.02 Å². The third kappa shape index (κ3) is 1.86. The molecule has 2 N–H and O–H groups in total. The molecule has 0 radical (unpaired) electrons. The zero-order chi connectivity index (χ0) is 10.8. The second-order valence-electron chi connectivity index (χ2n) is 3.01. The molecule has 2 rings (SSSR count). The first-order valence-corrected chi connectivity index (χ1v) is 4.70. The monoisotopic (exact) mass is 233 g/mol. The van der Waals surface area contributed by atoms with E-state index in [1.165, 1.54) is 6.07 Å². The highest BCUT2D eigenvalue weighted by Crippen LogP contribution is 2.40. The topological polar surface area (TPSA) is 53.7 Å². The van der Waals surface area contributed by atoms with Crippen LogP contribution in [0.15, 0.2) is 6.07 Å². The van der Waals surface area contributed by atoms with E-state index >= 15 is 0 Å². The molecule has 0 aliphatic carbocycles. The van der Waals surface area contributed by atoms with E-state index in [0.717, 1.165) is 0 Å². The van der Waals surface area contributed by atoms with Crippen molar-refractivity contribution in [3.8, 4) is 11.5 Å². The minimum atomic E-state index is -0.516. The van der Waals surface area contributed by atoms with Crippen LogP contribution >= 0.6 is 11.6 Å². The SMILES string of the molecule is NOCCc1c(F)c(Cl)cc2c1OCO2. The zero-order valence-corrected chi connectivity index (χ0v) is 8.51. The van der Waals surface area contributed by atoms with Crippen molar-refractivity contribution in [2.75, 3.05) is 13.4 Å². The average molecular weight is 234 g/mol. The molecule has 15 heavy (non-hydrogen) atoms. The third-order valence-electron chi connectivity index (χ3n) is 2.12. The Bertz CT molecular complexity index is 386. The van der Waals surface area contributed by atoms with Crippen LogP contribution in [-0.2, 0) is 11.3 Å². The molecule has 0 unspecified atom stereocenters. The Hall–Kier alpha value is -1.04. The van der Waals surface area contributed by atoms with Crippen LogP contribution in [0.4, 0.5) is 4.39 Å². The largest absolute Gasteiger partial charge is 0.454 e. The van der Waals surface area contributed by atoms with Crippen LogP contribution < -0.4 is 15.4 Å². The van der Waals surface area contributed by atoms with Crippen molar-refractivity contribution >= 4 is 11.6 Å².